The molecule has 4 rings (SSSR count). The number of Topliss-reactive ketones (excluding diaryl/α,β-unsaturated/α-hetero) is 1. The topological polar surface area (TPSA) is 94.8 Å². The van der Waals surface area contributed by atoms with Gasteiger partial charge >= 0.3 is 5.97 Å². The van der Waals surface area contributed by atoms with Crippen LogP contribution in [0.4, 0.5) is 0 Å². The lowest BCUT2D eigenvalue weighted by atomic mass is 9.41. The Bertz CT molecular complexity index is 706. The molecule has 0 amide bonds. The van der Waals surface area contributed by atoms with Crippen LogP contribution in [0.15, 0.2) is 0 Å². The van der Waals surface area contributed by atoms with Crippen LogP contribution in [0.1, 0.15) is 79.1 Å². The van der Waals surface area contributed by atoms with E-state index in [4.69, 9.17) is 0 Å². The van der Waals surface area contributed by atoms with E-state index in [-0.39, 0.29) is 70.6 Å². The minimum Gasteiger partial charge on any atom is -0.481 e. The van der Waals surface area contributed by atoms with E-state index < -0.39 is 12.1 Å². The molecule has 0 spiro atoms. The minimum absolute atomic E-state index is 0.0280. The SMILES string of the molecule is CC[C@H]1[C@@H](O)C2C3CC[C@H]([C@H](C)CC(=O)O)[C@@]3(C)CC(=O)C2[C@@]2(C)CC[C@@H](O)C[C@@H]12. The molecule has 0 aromatic carbocycles. The number of carbonyl (C=O) groups excluding carboxylic acids is 1. The van der Waals surface area contributed by atoms with Crippen LogP contribution in [0, 0.1) is 52.3 Å². The molecule has 0 aromatic heterocycles. The Hall–Kier alpha value is -0.940. The van der Waals surface area contributed by atoms with E-state index in [1.54, 1.807) is 0 Å². The molecular weight excluding hydrogens is 380 g/mol. The van der Waals surface area contributed by atoms with E-state index in [9.17, 15) is 24.9 Å². The fraction of sp³-hybridized carbons (Fsp3) is 0.920. The van der Waals surface area contributed by atoms with Gasteiger partial charge in [-0.25, -0.2) is 0 Å². The zero-order chi connectivity index (χ0) is 22.0. The molecule has 170 valence electrons. The monoisotopic (exact) mass is 420 g/mol. The Morgan fingerprint density at radius 2 is 1.83 bits per heavy atom. The fourth-order valence-electron chi connectivity index (χ4n) is 9.16. The van der Waals surface area contributed by atoms with Gasteiger partial charge in [0.05, 0.1) is 12.2 Å². The van der Waals surface area contributed by atoms with Crippen LogP contribution in [0.3, 0.4) is 0 Å². The number of aliphatic hydroxyl groups excluding tert-OH is 2. The summed E-state index contributed by atoms with van der Waals surface area (Å²) in [6.07, 6.45) is 4.94. The summed E-state index contributed by atoms with van der Waals surface area (Å²) in [7, 11) is 0. The van der Waals surface area contributed by atoms with Crippen LogP contribution >= 0.6 is 0 Å². The van der Waals surface area contributed by atoms with Crippen molar-refractivity contribution in [2.75, 3.05) is 0 Å². The molecule has 0 bridgehead atoms. The number of ketones is 1. The average Bonchev–Trinajstić information content (AvgIpc) is 2.99. The van der Waals surface area contributed by atoms with Crippen molar-refractivity contribution in [3.8, 4) is 0 Å². The molecular formula is C25H40O5. The number of carboxylic acids is 1. The summed E-state index contributed by atoms with van der Waals surface area (Å²) >= 11 is 0. The van der Waals surface area contributed by atoms with Gasteiger partial charge in [0, 0.05) is 18.8 Å². The zero-order valence-electron chi connectivity index (χ0n) is 19.0. The first kappa shape index (κ1) is 22.3. The number of carboxylic acid groups (broad SMARTS) is 1. The minimum atomic E-state index is -0.769. The quantitative estimate of drug-likeness (QED) is 0.641. The second-order valence-corrected chi connectivity index (χ2v) is 11.7. The van der Waals surface area contributed by atoms with Gasteiger partial charge in [-0.3, -0.25) is 9.59 Å². The third-order valence-electron chi connectivity index (χ3n) is 10.3. The maximum atomic E-state index is 13.8. The van der Waals surface area contributed by atoms with Gasteiger partial charge in [-0.15, -0.1) is 0 Å². The summed E-state index contributed by atoms with van der Waals surface area (Å²) in [5.74, 6) is 0.206. The Kier molecular flexibility index (Phi) is 5.63. The van der Waals surface area contributed by atoms with Crippen molar-refractivity contribution < 1.29 is 24.9 Å². The van der Waals surface area contributed by atoms with Crippen molar-refractivity contribution in [3.05, 3.63) is 0 Å². The van der Waals surface area contributed by atoms with Crippen LogP contribution in [0.25, 0.3) is 0 Å². The molecule has 30 heavy (non-hydrogen) atoms. The van der Waals surface area contributed by atoms with Crippen molar-refractivity contribution >= 4 is 11.8 Å². The molecule has 0 radical (unpaired) electrons. The van der Waals surface area contributed by atoms with Crippen molar-refractivity contribution in [2.24, 2.45) is 52.3 Å². The smallest absolute Gasteiger partial charge is 0.303 e. The van der Waals surface area contributed by atoms with Crippen molar-refractivity contribution in [1.29, 1.82) is 0 Å². The highest BCUT2D eigenvalue weighted by Gasteiger charge is 2.67. The molecule has 0 aromatic rings. The second-order valence-electron chi connectivity index (χ2n) is 11.7. The normalized spacial score (nSPS) is 51.6. The molecule has 4 fully saturated rings. The van der Waals surface area contributed by atoms with Gasteiger partial charge in [-0.05, 0) is 78.4 Å². The summed E-state index contributed by atoms with van der Waals surface area (Å²) in [5, 5.41) is 31.3. The molecule has 0 heterocycles. The molecule has 5 nitrogen and oxygen atoms in total. The molecule has 5 heteroatoms. The van der Waals surface area contributed by atoms with E-state index in [1.165, 1.54) is 0 Å². The summed E-state index contributed by atoms with van der Waals surface area (Å²) in [4.78, 5) is 25.1. The number of hydrogen-bond donors (Lipinski definition) is 3. The molecule has 0 saturated heterocycles. The zero-order valence-corrected chi connectivity index (χ0v) is 19.0. The average molecular weight is 421 g/mol. The molecule has 3 N–H and O–H groups in total. The fourth-order valence-corrected chi connectivity index (χ4v) is 9.16. The Morgan fingerprint density at radius 1 is 1.13 bits per heavy atom. The highest BCUT2D eigenvalue weighted by atomic mass is 16.4. The highest BCUT2D eigenvalue weighted by Crippen LogP contribution is 2.68. The summed E-state index contributed by atoms with van der Waals surface area (Å²) in [5.41, 5.74) is -0.364. The number of carbonyl (C=O) groups is 2. The van der Waals surface area contributed by atoms with Crippen molar-refractivity contribution in [1.82, 2.24) is 0 Å². The van der Waals surface area contributed by atoms with E-state index >= 15 is 0 Å². The van der Waals surface area contributed by atoms with E-state index in [0.717, 1.165) is 32.1 Å². The third-order valence-corrected chi connectivity index (χ3v) is 10.3. The summed E-state index contributed by atoms with van der Waals surface area (Å²) in [6.45, 7) is 8.62. The Balaban J connectivity index is 1.72. The largest absolute Gasteiger partial charge is 0.481 e. The van der Waals surface area contributed by atoms with Gasteiger partial charge in [0.25, 0.3) is 0 Å². The standard InChI is InChI=1S/C25H40O5/c1-5-15-18-11-14(26)8-9-24(18,3)22-19(27)12-25(4)16(13(2)10-20(28)29)6-7-17(25)21(22)23(15)30/h13-18,21-23,26,30H,5-12H2,1-4H3,(H,28,29)/t13-,14-,15-,16-,17?,18+,21?,22?,23-,24+,25-/m1/s1. The van der Waals surface area contributed by atoms with Gasteiger partial charge in [0.1, 0.15) is 5.78 Å². The molecule has 4 saturated carbocycles. The first-order valence-corrected chi connectivity index (χ1v) is 12.1. The third kappa shape index (κ3) is 3.09. The van der Waals surface area contributed by atoms with Crippen LogP contribution in [0.5, 0.6) is 0 Å². The molecule has 4 aliphatic carbocycles. The molecule has 3 unspecified atom stereocenters. The van der Waals surface area contributed by atoms with Gasteiger partial charge in [-0.2, -0.15) is 0 Å². The van der Waals surface area contributed by atoms with Gasteiger partial charge in [0.15, 0.2) is 0 Å². The van der Waals surface area contributed by atoms with Crippen LogP contribution in [0.2, 0.25) is 0 Å². The Morgan fingerprint density at radius 3 is 2.47 bits per heavy atom. The molecule has 11 atom stereocenters. The summed E-state index contributed by atoms with van der Waals surface area (Å²) < 4.78 is 0. The lowest BCUT2D eigenvalue weighted by Gasteiger charge is -2.63. The second kappa shape index (κ2) is 7.58. The maximum absolute atomic E-state index is 13.8. The van der Waals surface area contributed by atoms with E-state index in [2.05, 4.69) is 20.8 Å². The van der Waals surface area contributed by atoms with Gasteiger partial charge in [0.2, 0.25) is 0 Å². The number of fused-ring (bicyclic) bond motifs is 5. The summed E-state index contributed by atoms with van der Waals surface area (Å²) in [6, 6.07) is 0. The number of hydrogen-bond acceptors (Lipinski definition) is 4. The van der Waals surface area contributed by atoms with Crippen LogP contribution in [-0.2, 0) is 9.59 Å². The number of rotatable bonds is 4. The Labute approximate surface area is 180 Å². The maximum Gasteiger partial charge on any atom is 0.303 e. The predicted molar refractivity (Wildman–Crippen MR) is 114 cm³/mol. The first-order chi connectivity index (χ1) is 14.0. The number of aliphatic carboxylic acids is 1. The number of aliphatic hydroxyl groups is 2. The van der Waals surface area contributed by atoms with E-state index in [1.807, 2.05) is 6.92 Å². The van der Waals surface area contributed by atoms with Crippen LogP contribution in [-0.4, -0.2) is 39.3 Å². The first-order valence-electron chi connectivity index (χ1n) is 12.1. The molecule has 4 aliphatic rings. The predicted octanol–water partition coefficient (Wildman–Crippen LogP) is 3.90. The molecule has 0 aliphatic heterocycles. The van der Waals surface area contributed by atoms with Gasteiger partial charge < -0.3 is 15.3 Å². The van der Waals surface area contributed by atoms with Gasteiger partial charge in [-0.1, -0.05) is 34.1 Å². The van der Waals surface area contributed by atoms with Crippen molar-refractivity contribution in [3.63, 3.8) is 0 Å². The van der Waals surface area contributed by atoms with Crippen LogP contribution < -0.4 is 0 Å². The lowest BCUT2D eigenvalue weighted by molar-refractivity contribution is -0.202. The van der Waals surface area contributed by atoms with E-state index in [0.29, 0.717) is 12.8 Å². The van der Waals surface area contributed by atoms with Crippen molar-refractivity contribution in [2.45, 2.75) is 91.3 Å². The highest BCUT2D eigenvalue weighted by molar-refractivity contribution is 5.84. The lowest BCUT2D eigenvalue weighted by Crippen LogP contribution is -2.64.